The average Bonchev–Trinajstić information content (AvgIpc) is 2.68. The fourth-order valence-electron chi connectivity index (χ4n) is 1.99. The summed E-state index contributed by atoms with van der Waals surface area (Å²) < 4.78 is 12.6. The fourth-order valence-corrected chi connectivity index (χ4v) is 1.99. The van der Waals surface area contributed by atoms with E-state index in [1.54, 1.807) is 0 Å². The lowest BCUT2D eigenvalue weighted by molar-refractivity contribution is 0.290. The van der Waals surface area contributed by atoms with Crippen LogP contribution in [0.3, 0.4) is 0 Å². The third-order valence-corrected chi connectivity index (χ3v) is 3.07. The summed E-state index contributed by atoms with van der Waals surface area (Å²) in [6.45, 7) is 11.2. The highest BCUT2D eigenvalue weighted by molar-refractivity contribution is 4.81. The molecule has 0 N–H and O–H groups in total. The predicted octanol–water partition coefficient (Wildman–Crippen LogP) is 5.05. The smallest absolute Gasteiger partial charge is 0.114 e. The number of likely N-dealkylation sites (tertiary alicyclic amines) is 1. The maximum atomic E-state index is 12.6. The number of hydrogen-bond donors (Lipinski definition) is 0. The highest BCUT2D eigenvalue weighted by atomic mass is 19.1. The zero-order valence-electron chi connectivity index (χ0n) is 12.9. The van der Waals surface area contributed by atoms with Crippen LogP contribution in [0, 0.1) is 0 Å². The summed E-state index contributed by atoms with van der Waals surface area (Å²) in [6.07, 6.45) is 6.79. The standard InChI is InChI=1S/C7H14FN.C6H14.C2H6/c1-3-7-4-6(8)5-9(7)2;1-3-5-6-4-2;1-2/h6-7H,3-5H2,1-2H3;3-6H2,1-2H3;1-2H3. The van der Waals surface area contributed by atoms with Gasteiger partial charge in [0.05, 0.1) is 0 Å². The van der Waals surface area contributed by atoms with E-state index in [1.165, 1.54) is 25.7 Å². The van der Waals surface area contributed by atoms with Gasteiger partial charge in [0.25, 0.3) is 0 Å². The van der Waals surface area contributed by atoms with Crippen LogP contribution >= 0.6 is 0 Å². The van der Waals surface area contributed by atoms with Crippen LogP contribution in [0.4, 0.5) is 4.39 Å². The monoisotopic (exact) mass is 247 g/mol. The Morgan fingerprint density at radius 3 is 1.71 bits per heavy atom. The van der Waals surface area contributed by atoms with Gasteiger partial charge in [-0.25, -0.2) is 4.39 Å². The summed E-state index contributed by atoms with van der Waals surface area (Å²) in [6, 6.07) is 0.500. The number of halogens is 1. The van der Waals surface area contributed by atoms with Crippen LogP contribution in [0.5, 0.6) is 0 Å². The van der Waals surface area contributed by atoms with Gasteiger partial charge in [-0.1, -0.05) is 60.3 Å². The lowest BCUT2D eigenvalue weighted by Gasteiger charge is -2.15. The Kier molecular flexibility index (Phi) is 15.8. The van der Waals surface area contributed by atoms with Crippen molar-refractivity contribution in [3.63, 3.8) is 0 Å². The second-order valence-corrected chi connectivity index (χ2v) is 4.54. The van der Waals surface area contributed by atoms with Gasteiger partial charge in [0.2, 0.25) is 0 Å². The molecule has 0 saturated carbocycles. The highest BCUT2D eigenvalue weighted by Crippen LogP contribution is 2.19. The number of unbranched alkanes of at least 4 members (excludes halogenated alkanes) is 3. The first-order valence-corrected chi connectivity index (χ1v) is 7.49. The van der Waals surface area contributed by atoms with Gasteiger partial charge in [0, 0.05) is 12.6 Å². The molecular weight excluding hydrogens is 213 g/mol. The number of rotatable bonds is 4. The van der Waals surface area contributed by atoms with Crippen molar-refractivity contribution < 1.29 is 4.39 Å². The van der Waals surface area contributed by atoms with E-state index in [4.69, 9.17) is 0 Å². The average molecular weight is 247 g/mol. The van der Waals surface area contributed by atoms with Crippen molar-refractivity contribution in [2.45, 2.75) is 85.4 Å². The molecule has 106 valence electrons. The van der Waals surface area contributed by atoms with Gasteiger partial charge in [-0.15, -0.1) is 0 Å². The van der Waals surface area contributed by atoms with Crippen molar-refractivity contribution in [1.29, 1.82) is 0 Å². The van der Waals surface area contributed by atoms with E-state index in [-0.39, 0.29) is 0 Å². The number of alkyl halides is 1. The number of hydrogen-bond acceptors (Lipinski definition) is 1. The minimum Gasteiger partial charge on any atom is -0.300 e. The molecule has 2 heteroatoms. The van der Waals surface area contributed by atoms with Gasteiger partial charge in [0.1, 0.15) is 6.17 Å². The van der Waals surface area contributed by atoms with Crippen LogP contribution in [-0.2, 0) is 0 Å². The van der Waals surface area contributed by atoms with E-state index in [1.807, 2.05) is 20.9 Å². The summed E-state index contributed by atoms with van der Waals surface area (Å²) in [7, 11) is 1.99. The normalized spacial score (nSPS) is 23.5. The van der Waals surface area contributed by atoms with Crippen LogP contribution in [0.15, 0.2) is 0 Å². The Labute approximate surface area is 109 Å². The third-order valence-electron chi connectivity index (χ3n) is 3.07. The molecule has 0 spiro atoms. The summed E-state index contributed by atoms with van der Waals surface area (Å²) in [5.74, 6) is 0. The van der Waals surface area contributed by atoms with Crippen LogP contribution in [0.1, 0.15) is 73.1 Å². The lowest BCUT2D eigenvalue weighted by atomic mass is 10.2. The molecule has 1 rings (SSSR count). The first-order valence-electron chi connectivity index (χ1n) is 7.49. The first kappa shape index (κ1) is 19.2. The van der Waals surface area contributed by atoms with Crippen LogP contribution in [0.25, 0.3) is 0 Å². The molecule has 17 heavy (non-hydrogen) atoms. The molecule has 0 aromatic heterocycles. The Bertz CT molecular complexity index is 135. The summed E-state index contributed by atoms with van der Waals surface area (Å²) in [4.78, 5) is 2.10. The van der Waals surface area contributed by atoms with Crippen molar-refractivity contribution >= 4 is 0 Å². The Morgan fingerprint density at radius 1 is 1.06 bits per heavy atom. The van der Waals surface area contributed by atoms with Crippen LogP contribution in [0.2, 0.25) is 0 Å². The zero-order chi connectivity index (χ0) is 13.7. The molecule has 1 heterocycles. The molecule has 1 fully saturated rings. The minimum atomic E-state index is -0.569. The van der Waals surface area contributed by atoms with Crippen LogP contribution in [-0.4, -0.2) is 30.7 Å². The molecule has 1 saturated heterocycles. The lowest BCUT2D eigenvalue weighted by Crippen LogP contribution is -2.23. The maximum absolute atomic E-state index is 12.6. The van der Waals surface area contributed by atoms with E-state index in [2.05, 4.69) is 25.7 Å². The van der Waals surface area contributed by atoms with Gasteiger partial charge in [-0.05, 0) is 19.9 Å². The van der Waals surface area contributed by atoms with Crippen molar-refractivity contribution in [2.24, 2.45) is 0 Å². The Balaban J connectivity index is 0. The molecule has 0 aliphatic carbocycles. The highest BCUT2D eigenvalue weighted by Gasteiger charge is 2.27. The maximum Gasteiger partial charge on any atom is 0.114 e. The second kappa shape index (κ2) is 14.0. The van der Waals surface area contributed by atoms with Gasteiger partial charge < -0.3 is 4.90 Å². The van der Waals surface area contributed by atoms with E-state index < -0.39 is 6.17 Å². The molecule has 2 atom stereocenters. The van der Waals surface area contributed by atoms with Crippen molar-refractivity contribution in [2.75, 3.05) is 13.6 Å². The summed E-state index contributed by atoms with van der Waals surface area (Å²) in [5, 5.41) is 0. The molecular formula is C15H34FN. The molecule has 1 nitrogen and oxygen atoms in total. The molecule has 0 amide bonds. The second-order valence-electron chi connectivity index (χ2n) is 4.54. The SMILES string of the molecule is CC.CCC1CC(F)CN1C.CCCCCC. The molecule has 1 aliphatic heterocycles. The molecule has 2 unspecified atom stereocenters. The fraction of sp³-hybridized carbons (Fsp3) is 1.00. The first-order chi connectivity index (χ1) is 8.15. The van der Waals surface area contributed by atoms with Gasteiger partial charge in [0.15, 0.2) is 0 Å². The van der Waals surface area contributed by atoms with Gasteiger partial charge in [-0.3, -0.25) is 0 Å². The van der Waals surface area contributed by atoms with Gasteiger partial charge >= 0.3 is 0 Å². The zero-order valence-corrected chi connectivity index (χ0v) is 12.9. The van der Waals surface area contributed by atoms with E-state index in [0.717, 1.165) is 12.8 Å². The van der Waals surface area contributed by atoms with Crippen molar-refractivity contribution in [3.8, 4) is 0 Å². The van der Waals surface area contributed by atoms with Gasteiger partial charge in [-0.2, -0.15) is 0 Å². The van der Waals surface area contributed by atoms with E-state index >= 15 is 0 Å². The summed E-state index contributed by atoms with van der Waals surface area (Å²) in [5.41, 5.74) is 0. The quantitative estimate of drug-likeness (QED) is 0.628. The topological polar surface area (TPSA) is 3.24 Å². The molecule has 0 radical (unpaired) electrons. The summed E-state index contributed by atoms with van der Waals surface area (Å²) >= 11 is 0. The largest absolute Gasteiger partial charge is 0.300 e. The van der Waals surface area contributed by atoms with E-state index in [9.17, 15) is 4.39 Å². The van der Waals surface area contributed by atoms with E-state index in [0.29, 0.717) is 12.6 Å². The van der Waals surface area contributed by atoms with Crippen LogP contribution < -0.4 is 0 Å². The number of nitrogens with zero attached hydrogens (tertiary/aromatic N) is 1. The third kappa shape index (κ3) is 10.7. The Morgan fingerprint density at radius 2 is 1.53 bits per heavy atom. The molecule has 0 aromatic carbocycles. The molecule has 1 aliphatic rings. The predicted molar refractivity (Wildman–Crippen MR) is 77.4 cm³/mol. The van der Waals surface area contributed by atoms with Crippen molar-refractivity contribution in [1.82, 2.24) is 4.90 Å². The van der Waals surface area contributed by atoms with Crippen molar-refractivity contribution in [3.05, 3.63) is 0 Å². The molecule has 0 aromatic rings. The Hall–Kier alpha value is -0.110. The molecule has 0 bridgehead atoms. The minimum absolute atomic E-state index is 0.500.